The highest BCUT2D eigenvalue weighted by atomic mass is 32.1. The van der Waals surface area contributed by atoms with E-state index in [0.29, 0.717) is 28.2 Å². The van der Waals surface area contributed by atoms with Crippen molar-refractivity contribution < 1.29 is 9.53 Å². The van der Waals surface area contributed by atoms with E-state index in [1.165, 1.54) is 22.3 Å². The van der Waals surface area contributed by atoms with Gasteiger partial charge < -0.3 is 15.0 Å². The molecule has 172 valence electrons. The molecule has 0 aliphatic heterocycles. The molecule has 34 heavy (non-hydrogen) atoms. The summed E-state index contributed by atoms with van der Waals surface area (Å²) in [5.74, 6) is 0.238. The molecule has 3 aromatic carbocycles. The second kappa shape index (κ2) is 9.80. The number of aromatic amines is 1. The Balaban J connectivity index is 1.21. The quantitative estimate of drug-likeness (QED) is 0.226. The van der Waals surface area contributed by atoms with Crippen molar-refractivity contribution in [3.8, 4) is 5.75 Å². The number of hydrogen-bond acceptors (Lipinski definition) is 7. The maximum Gasteiger partial charge on any atom is 0.274 e. The molecule has 5 aromatic rings. The van der Waals surface area contributed by atoms with Crippen LogP contribution < -0.4 is 20.9 Å². The molecule has 8 nitrogen and oxygen atoms in total. The van der Waals surface area contributed by atoms with Crippen LogP contribution in [0.15, 0.2) is 66.9 Å². The molecule has 2 aromatic heterocycles. The van der Waals surface area contributed by atoms with Crippen molar-refractivity contribution in [3.05, 3.63) is 78.0 Å². The number of anilines is 2. The van der Waals surface area contributed by atoms with Crippen LogP contribution in [0, 0.1) is 0 Å². The first-order chi connectivity index (χ1) is 16.7. The summed E-state index contributed by atoms with van der Waals surface area (Å²) < 4.78 is 5.70. The third-order valence-electron chi connectivity index (χ3n) is 5.47. The fraction of sp³-hybridized carbons (Fsp3) is 0.160. The SMILES string of the molecule is CCOc1ccc2ccccc2c1C(=O)NNc1nnc(NCCc2c[nH]c3ccccc23)s1. The standard InChI is InChI=1S/C25H24N6O2S/c1-2-33-21-12-11-16-7-3-4-9-19(16)22(21)23(32)28-30-25-31-29-24(34-25)26-14-13-17-15-27-20-10-6-5-8-18(17)20/h3-12,15,27H,2,13-14H2,1H3,(H,26,29)(H,28,32)(H,30,31). The molecule has 0 unspecified atom stereocenters. The molecule has 5 rings (SSSR count). The van der Waals surface area contributed by atoms with Gasteiger partial charge in [-0.15, -0.1) is 10.2 Å². The lowest BCUT2D eigenvalue weighted by atomic mass is 10.0. The number of hydrogen-bond donors (Lipinski definition) is 4. The predicted molar refractivity (Wildman–Crippen MR) is 137 cm³/mol. The van der Waals surface area contributed by atoms with Crippen LogP contribution in [0.4, 0.5) is 10.3 Å². The lowest BCUT2D eigenvalue weighted by molar-refractivity contribution is 0.0960. The summed E-state index contributed by atoms with van der Waals surface area (Å²) in [6, 6.07) is 19.7. The molecule has 0 saturated carbocycles. The number of hydrazine groups is 1. The van der Waals surface area contributed by atoms with E-state index >= 15 is 0 Å². The summed E-state index contributed by atoms with van der Waals surface area (Å²) in [6.07, 6.45) is 2.89. The summed E-state index contributed by atoms with van der Waals surface area (Å²) in [4.78, 5) is 16.3. The molecule has 0 bridgehead atoms. The van der Waals surface area contributed by atoms with Gasteiger partial charge in [-0.3, -0.25) is 15.6 Å². The molecule has 0 aliphatic rings. The van der Waals surface area contributed by atoms with Gasteiger partial charge in [0.1, 0.15) is 5.75 Å². The van der Waals surface area contributed by atoms with Crippen molar-refractivity contribution in [2.45, 2.75) is 13.3 Å². The van der Waals surface area contributed by atoms with Crippen molar-refractivity contribution in [1.29, 1.82) is 0 Å². The minimum Gasteiger partial charge on any atom is -0.493 e. The van der Waals surface area contributed by atoms with Crippen LogP contribution in [0.2, 0.25) is 0 Å². The molecule has 0 spiro atoms. The highest BCUT2D eigenvalue weighted by Crippen LogP contribution is 2.28. The van der Waals surface area contributed by atoms with Crippen molar-refractivity contribution in [3.63, 3.8) is 0 Å². The number of amides is 1. The van der Waals surface area contributed by atoms with Crippen molar-refractivity contribution >= 4 is 49.2 Å². The Labute approximate surface area is 200 Å². The number of nitrogens with one attached hydrogen (secondary N) is 4. The van der Waals surface area contributed by atoms with Crippen LogP contribution in [-0.2, 0) is 6.42 Å². The van der Waals surface area contributed by atoms with Gasteiger partial charge in [-0.1, -0.05) is 59.9 Å². The van der Waals surface area contributed by atoms with Crippen molar-refractivity contribution in [2.75, 3.05) is 23.9 Å². The number of carbonyl (C=O) groups is 1. The van der Waals surface area contributed by atoms with E-state index in [9.17, 15) is 4.79 Å². The molecule has 2 heterocycles. The molecular weight excluding hydrogens is 448 g/mol. The van der Waals surface area contributed by atoms with Gasteiger partial charge in [0.25, 0.3) is 5.91 Å². The Kier molecular flexibility index (Phi) is 6.26. The fourth-order valence-corrected chi connectivity index (χ4v) is 4.54. The number of nitrogens with zero attached hydrogens (tertiary/aromatic N) is 2. The topological polar surface area (TPSA) is 104 Å². The Morgan fingerprint density at radius 1 is 1.00 bits per heavy atom. The zero-order chi connectivity index (χ0) is 23.3. The van der Waals surface area contributed by atoms with E-state index < -0.39 is 0 Å². The molecular formula is C25H24N6O2S. The molecule has 0 atom stereocenters. The monoisotopic (exact) mass is 472 g/mol. The Hall–Kier alpha value is -4.11. The average molecular weight is 473 g/mol. The summed E-state index contributed by atoms with van der Waals surface area (Å²) in [6.45, 7) is 3.08. The van der Waals surface area contributed by atoms with Crippen LogP contribution >= 0.6 is 11.3 Å². The number of H-pyrrole nitrogens is 1. The maximum atomic E-state index is 13.0. The maximum absolute atomic E-state index is 13.0. The number of para-hydroxylation sites is 1. The first-order valence-corrected chi connectivity index (χ1v) is 11.9. The highest BCUT2D eigenvalue weighted by Gasteiger charge is 2.17. The highest BCUT2D eigenvalue weighted by molar-refractivity contribution is 7.19. The molecule has 0 saturated heterocycles. The zero-order valence-corrected chi connectivity index (χ0v) is 19.4. The van der Waals surface area contributed by atoms with E-state index in [0.717, 1.165) is 29.3 Å². The van der Waals surface area contributed by atoms with E-state index in [4.69, 9.17) is 4.74 Å². The number of aromatic nitrogens is 3. The third kappa shape index (κ3) is 4.51. The minimum absolute atomic E-state index is 0.302. The van der Waals surface area contributed by atoms with Crippen LogP contribution in [0.1, 0.15) is 22.8 Å². The van der Waals surface area contributed by atoms with Crippen LogP contribution in [0.5, 0.6) is 5.75 Å². The van der Waals surface area contributed by atoms with E-state index in [-0.39, 0.29) is 5.91 Å². The summed E-state index contributed by atoms with van der Waals surface area (Å²) >= 11 is 1.33. The van der Waals surface area contributed by atoms with Crippen molar-refractivity contribution in [2.24, 2.45) is 0 Å². The van der Waals surface area contributed by atoms with E-state index in [1.807, 2.05) is 61.7 Å². The predicted octanol–water partition coefficient (Wildman–Crippen LogP) is 4.98. The number of benzene rings is 3. The molecule has 4 N–H and O–H groups in total. The molecule has 0 aliphatic carbocycles. The van der Waals surface area contributed by atoms with Crippen LogP contribution in [-0.4, -0.2) is 34.2 Å². The summed E-state index contributed by atoms with van der Waals surface area (Å²) in [5, 5.41) is 15.7. The first kappa shape index (κ1) is 21.7. The molecule has 0 fully saturated rings. The number of ether oxygens (including phenoxy) is 1. The lowest BCUT2D eigenvalue weighted by Crippen LogP contribution is -2.30. The van der Waals surface area contributed by atoms with Gasteiger partial charge >= 0.3 is 0 Å². The van der Waals surface area contributed by atoms with Gasteiger partial charge in [-0.2, -0.15) is 0 Å². The first-order valence-electron chi connectivity index (χ1n) is 11.1. The number of rotatable bonds is 9. The Morgan fingerprint density at radius 3 is 2.68 bits per heavy atom. The molecule has 0 radical (unpaired) electrons. The second-order valence-electron chi connectivity index (χ2n) is 7.62. The largest absolute Gasteiger partial charge is 0.493 e. The van der Waals surface area contributed by atoms with E-state index in [1.54, 1.807) is 0 Å². The normalized spacial score (nSPS) is 11.0. The minimum atomic E-state index is -0.302. The van der Waals surface area contributed by atoms with Crippen LogP contribution in [0.25, 0.3) is 21.7 Å². The fourth-order valence-electron chi connectivity index (χ4n) is 3.92. The molecule has 1 amide bonds. The lowest BCUT2D eigenvalue weighted by Gasteiger charge is -2.13. The van der Waals surface area contributed by atoms with Gasteiger partial charge in [0.2, 0.25) is 10.3 Å². The van der Waals surface area contributed by atoms with E-state index in [2.05, 4.69) is 43.5 Å². The molecule has 9 heteroatoms. The number of carbonyl (C=O) groups excluding carboxylic acids is 1. The van der Waals surface area contributed by atoms with Gasteiger partial charge in [-0.25, -0.2) is 0 Å². The summed E-state index contributed by atoms with van der Waals surface area (Å²) in [7, 11) is 0. The Morgan fingerprint density at radius 2 is 1.79 bits per heavy atom. The zero-order valence-electron chi connectivity index (χ0n) is 18.6. The van der Waals surface area contributed by atoms with Crippen LogP contribution in [0.3, 0.4) is 0 Å². The van der Waals surface area contributed by atoms with Gasteiger partial charge in [0, 0.05) is 23.6 Å². The van der Waals surface area contributed by atoms with Gasteiger partial charge in [0.05, 0.1) is 12.2 Å². The van der Waals surface area contributed by atoms with Gasteiger partial charge in [-0.05, 0) is 41.8 Å². The second-order valence-corrected chi connectivity index (χ2v) is 8.60. The third-order valence-corrected chi connectivity index (χ3v) is 6.27. The number of fused-ring (bicyclic) bond motifs is 2. The average Bonchev–Trinajstić information content (AvgIpc) is 3.50. The Bertz CT molecular complexity index is 1440. The van der Waals surface area contributed by atoms with Crippen molar-refractivity contribution in [1.82, 2.24) is 20.6 Å². The summed E-state index contributed by atoms with van der Waals surface area (Å²) in [5.41, 5.74) is 8.46. The van der Waals surface area contributed by atoms with Gasteiger partial charge in [0.15, 0.2) is 0 Å². The smallest absolute Gasteiger partial charge is 0.274 e.